The highest BCUT2D eigenvalue weighted by molar-refractivity contribution is 6.35. The predicted molar refractivity (Wildman–Crippen MR) is 123 cm³/mol. The minimum absolute atomic E-state index is 0.168. The molecule has 7 heteroatoms. The van der Waals surface area contributed by atoms with Gasteiger partial charge in [0.25, 0.3) is 0 Å². The largest absolute Gasteiger partial charge is 0.467 e. The molecular weight excluding hydrogens is 435 g/mol. The summed E-state index contributed by atoms with van der Waals surface area (Å²) in [5.74, 6) is 2.13. The number of halogens is 2. The Morgan fingerprint density at radius 3 is 2.58 bits per heavy atom. The molecule has 1 aliphatic rings. The molecule has 0 radical (unpaired) electrons. The van der Waals surface area contributed by atoms with Gasteiger partial charge in [0, 0.05) is 35.3 Å². The maximum atomic E-state index is 13.0. The van der Waals surface area contributed by atoms with Gasteiger partial charge in [0.15, 0.2) is 5.88 Å². The molecule has 0 aliphatic carbocycles. The van der Waals surface area contributed by atoms with E-state index in [-0.39, 0.29) is 5.91 Å². The fraction of sp³-hybridized carbons (Fsp3) is 0.292. The van der Waals surface area contributed by atoms with E-state index < -0.39 is 0 Å². The van der Waals surface area contributed by atoms with Crippen molar-refractivity contribution >= 4 is 41.1 Å². The van der Waals surface area contributed by atoms with Gasteiger partial charge in [-0.1, -0.05) is 29.3 Å². The summed E-state index contributed by atoms with van der Waals surface area (Å²) in [5, 5.41) is 1.04. The first-order valence-electron chi connectivity index (χ1n) is 10.4. The second kappa shape index (κ2) is 10.1. The maximum Gasteiger partial charge on any atom is 0.247 e. The van der Waals surface area contributed by atoms with Crippen molar-refractivity contribution in [2.24, 2.45) is 0 Å². The number of nitrogens with zero attached hydrogens (tertiary/aromatic N) is 2. The van der Waals surface area contributed by atoms with Crippen molar-refractivity contribution in [3.8, 4) is 0 Å². The molecule has 0 bridgehead atoms. The molecule has 31 heavy (non-hydrogen) atoms. The van der Waals surface area contributed by atoms with Crippen molar-refractivity contribution in [3.05, 3.63) is 81.9 Å². The fourth-order valence-corrected chi connectivity index (χ4v) is 4.10. The minimum atomic E-state index is -0.168. The highest BCUT2D eigenvalue weighted by Crippen LogP contribution is 2.25. The maximum absolute atomic E-state index is 13.0. The molecular formula is C24H24Cl2N2O3. The minimum Gasteiger partial charge on any atom is -0.467 e. The lowest BCUT2D eigenvalue weighted by Crippen LogP contribution is -2.29. The van der Waals surface area contributed by atoms with Crippen LogP contribution in [-0.4, -0.2) is 23.9 Å². The van der Waals surface area contributed by atoms with Crippen LogP contribution in [0.5, 0.6) is 0 Å². The zero-order valence-electron chi connectivity index (χ0n) is 17.1. The van der Waals surface area contributed by atoms with E-state index in [1.807, 2.05) is 24.3 Å². The number of hydrogen-bond donors (Lipinski definition) is 0. The number of benzene rings is 1. The molecule has 0 saturated carbocycles. The van der Waals surface area contributed by atoms with Crippen LogP contribution in [0, 0.1) is 0 Å². The standard InChI is InChI=1S/C24H24Cl2N2O3/c25-19-8-6-18(22(26)15-19)7-10-23(29)28(16-20-5-4-14-30-20)17-21-9-11-24(31-21)27-12-2-1-3-13-27/h4-11,14-15H,1-3,12-13,16-17H2/b10-7+. The van der Waals surface area contributed by atoms with Gasteiger partial charge in [0.1, 0.15) is 11.5 Å². The molecule has 162 valence electrons. The van der Waals surface area contributed by atoms with Crippen molar-refractivity contribution in [1.29, 1.82) is 0 Å². The molecule has 5 nitrogen and oxygen atoms in total. The van der Waals surface area contributed by atoms with E-state index in [4.69, 9.17) is 32.0 Å². The molecule has 3 aromatic rings. The van der Waals surface area contributed by atoms with Crippen LogP contribution in [0.2, 0.25) is 10.0 Å². The second-order valence-corrected chi connectivity index (χ2v) is 8.40. The molecule has 3 heterocycles. The summed E-state index contributed by atoms with van der Waals surface area (Å²) < 4.78 is 11.5. The van der Waals surface area contributed by atoms with Gasteiger partial charge in [-0.3, -0.25) is 4.79 Å². The third kappa shape index (κ3) is 5.75. The Morgan fingerprint density at radius 1 is 1.03 bits per heavy atom. The number of furan rings is 2. The molecule has 1 saturated heterocycles. The average Bonchev–Trinajstić information content (AvgIpc) is 3.45. The van der Waals surface area contributed by atoms with Gasteiger partial charge in [0.05, 0.1) is 19.4 Å². The van der Waals surface area contributed by atoms with Crippen molar-refractivity contribution in [2.75, 3.05) is 18.0 Å². The Morgan fingerprint density at radius 2 is 1.84 bits per heavy atom. The smallest absolute Gasteiger partial charge is 0.247 e. The quantitative estimate of drug-likeness (QED) is 0.383. The van der Waals surface area contributed by atoms with E-state index in [2.05, 4.69) is 4.90 Å². The molecule has 1 aromatic carbocycles. The molecule has 1 amide bonds. The molecule has 0 unspecified atom stereocenters. The van der Waals surface area contributed by atoms with Crippen LogP contribution < -0.4 is 4.90 Å². The first kappa shape index (κ1) is 21.6. The Balaban J connectivity index is 1.49. The predicted octanol–water partition coefficient (Wildman–Crippen LogP) is 6.41. The Labute approximate surface area is 191 Å². The second-order valence-electron chi connectivity index (χ2n) is 7.56. The topological polar surface area (TPSA) is 49.8 Å². The zero-order valence-corrected chi connectivity index (χ0v) is 18.6. The van der Waals surface area contributed by atoms with Gasteiger partial charge in [0.2, 0.25) is 5.91 Å². The highest BCUT2D eigenvalue weighted by atomic mass is 35.5. The third-order valence-corrected chi connectivity index (χ3v) is 5.83. The van der Waals surface area contributed by atoms with Crippen LogP contribution in [-0.2, 0) is 17.9 Å². The Kier molecular flexibility index (Phi) is 7.05. The molecule has 1 fully saturated rings. The Hall–Kier alpha value is -2.63. The van der Waals surface area contributed by atoms with Crippen LogP contribution >= 0.6 is 23.2 Å². The van der Waals surface area contributed by atoms with E-state index in [0.29, 0.717) is 28.9 Å². The molecule has 4 rings (SSSR count). The van der Waals surface area contributed by atoms with Crippen LogP contribution in [0.3, 0.4) is 0 Å². The van der Waals surface area contributed by atoms with E-state index in [1.165, 1.54) is 25.3 Å². The lowest BCUT2D eigenvalue weighted by Gasteiger charge is -2.26. The Bertz CT molecular complexity index is 1040. The van der Waals surface area contributed by atoms with Crippen molar-refractivity contribution in [1.82, 2.24) is 4.90 Å². The highest BCUT2D eigenvalue weighted by Gasteiger charge is 2.18. The summed E-state index contributed by atoms with van der Waals surface area (Å²) in [5.41, 5.74) is 0.725. The van der Waals surface area contributed by atoms with E-state index in [9.17, 15) is 4.79 Å². The lowest BCUT2D eigenvalue weighted by atomic mass is 10.1. The van der Waals surface area contributed by atoms with Crippen LogP contribution in [0.1, 0.15) is 36.3 Å². The number of hydrogen-bond acceptors (Lipinski definition) is 4. The van der Waals surface area contributed by atoms with Crippen LogP contribution in [0.15, 0.2) is 63.6 Å². The van der Waals surface area contributed by atoms with Crippen molar-refractivity contribution < 1.29 is 13.6 Å². The molecule has 0 N–H and O–H groups in total. The van der Waals surface area contributed by atoms with E-state index >= 15 is 0 Å². The normalized spacial score (nSPS) is 14.3. The van der Waals surface area contributed by atoms with Crippen molar-refractivity contribution in [3.63, 3.8) is 0 Å². The molecule has 1 aliphatic heterocycles. The summed E-state index contributed by atoms with van der Waals surface area (Å²) in [7, 11) is 0. The molecule has 0 atom stereocenters. The van der Waals surface area contributed by atoms with E-state index in [1.54, 1.807) is 35.4 Å². The van der Waals surface area contributed by atoms with Crippen molar-refractivity contribution in [2.45, 2.75) is 32.4 Å². The number of rotatable bonds is 7. The third-order valence-electron chi connectivity index (χ3n) is 5.27. The molecule has 0 spiro atoms. The van der Waals surface area contributed by atoms with Gasteiger partial charge in [-0.05, 0) is 61.2 Å². The summed E-state index contributed by atoms with van der Waals surface area (Å²) >= 11 is 12.2. The van der Waals surface area contributed by atoms with Crippen LogP contribution in [0.25, 0.3) is 6.08 Å². The average molecular weight is 459 g/mol. The molecule has 2 aromatic heterocycles. The number of piperidine rings is 1. The fourth-order valence-electron chi connectivity index (χ4n) is 3.63. The first-order chi connectivity index (χ1) is 15.1. The van der Waals surface area contributed by atoms with Gasteiger partial charge in [-0.25, -0.2) is 0 Å². The number of amides is 1. The van der Waals surface area contributed by atoms with Gasteiger partial charge in [-0.15, -0.1) is 0 Å². The first-order valence-corrected chi connectivity index (χ1v) is 11.1. The number of anilines is 1. The summed E-state index contributed by atoms with van der Waals surface area (Å²) in [4.78, 5) is 16.9. The van der Waals surface area contributed by atoms with Gasteiger partial charge < -0.3 is 18.6 Å². The van der Waals surface area contributed by atoms with Gasteiger partial charge in [-0.2, -0.15) is 0 Å². The summed E-state index contributed by atoms with van der Waals surface area (Å²) in [6, 6.07) is 12.8. The number of carbonyl (C=O) groups excluding carboxylic acids is 1. The zero-order chi connectivity index (χ0) is 21.6. The number of carbonyl (C=O) groups is 1. The van der Waals surface area contributed by atoms with Crippen LogP contribution in [0.4, 0.5) is 5.88 Å². The summed E-state index contributed by atoms with van der Waals surface area (Å²) in [6.07, 6.45) is 8.42. The summed E-state index contributed by atoms with van der Waals surface area (Å²) in [6.45, 7) is 2.69. The van der Waals surface area contributed by atoms with Gasteiger partial charge >= 0.3 is 0 Å². The SMILES string of the molecule is O=C(/C=C/c1ccc(Cl)cc1Cl)N(Cc1ccco1)Cc1ccc(N2CCCCC2)o1. The monoisotopic (exact) mass is 458 g/mol. The lowest BCUT2D eigenvalue weighted by molar-refractivity contribution is -0.127. The van der Waals surface area contributed by atoms with E-state index in [0.717, 1.165) is 30.3 Å².